The van der Waals surface area contributed by atoms with Crippen molar-refractivity contribution in [3.63, 3.8) is 0 Å². The molecule has 0 aromatic carbocycles. The summed E-state index contributed by atoms with van der Waals surface area (Å²) in [6.07, 6.45) is 2.45. The number of amides is 1. The molecular formula is C15H21N3O4. The number of aromatic nitrogens is 2. The number of aliphatic hydroxyl groups excluding tert-OH is 1. The predicted molar refractivity (Wildman–Crippen MR) is 76.3 cm³/mol. The Labute approximate surface area is 128 Å². The van der Waals surface area contributed by atoms with Crippen LogP contribution in [-0.2, 0) is 22.5 Å². The van der Waals surface area contributed by atoms with E-state index in [4.69, 9.17) is 9.47 Å². The molecule has 1 aromatic heterocycles. The van der Waals surface area contributed by atoms with Crippen LogP contribution >= 0.6 is 0 Å². The molecule has 0 unspecified atom stereocenters. The topological polar surface area (TPSA) is 87.7 Å². The maximum Gasteiger partial charge on any atom is 0.275 e. The molecule has 1 saturated heterocycles. The Bertz CT molecular complexity index is 573. The first kappa shape index (κ1) is 14.2. The molecule has 3 heterocycles. The normalized spacial score (nSPS) is 31.0. The highest BCUT2D eigenvalue weighted by atomic mass is 16.5. The van der Waals surface area contributed by atoms with Gasteiger partial charge in [-0.25, -0.2) is 0 Å². The first-order valence-corrected chi connectivity index (χ1v) is 7.95. The number of ether oxygens (including phenoxy) is 2. The maximum absolute atomic E-state index is 12.9. The quantitative estimate of drug-likeness (QED) is 0.809. The number of aliphatic hydroxyl groups is 1. The van der Waals surface area contributed by atoms with E-state index >= 15 is 0 Å². The van der Waals surface area contributed by atoms with Crippen LogP contribution in [0.15, 0.2) is 0 Å². The SMILES string of the molecule is O=C(c1n[nH]c2c1COCC2)N1CCO[C@H]2C[C@H](CO)C[C@@H]21. The second kappa shape index (κ2) is 5.64. The monoisotopic (exact) mass is 307 g/mol. The average molecular weight is 307 g/mol. The summed E-state index contributed by atoms with van der Waals surface area (Å²) in [5.74, 6) is 0.180. The minimum absolute atomic E-state index is 0.0418. The first-order chi connectivity index (χ1) is 10.8. The number of aromatic amines is 1. The molecule has 1 aliphatic carbocycles. The largest absolute Gasteiger partial charge is 0.396 e. The highest BCUT2D eigenvalue weighted by Crippen LogP contribution is 2.35. The summed E-state index contributed by atoms with van der Waals surface area (Å²) in [4.78, 5) is 14.8. The van der Waals surface area contributed by atoms with Crippen molar-refractivity contribution in [3.05, 3.63) is 17.0 Å². The lowest BCUT2D eigenvalue weighted by Gasteiger charge is -2.37. The van der Waals surface area contributed by atoms with Crippen LogP contribution in [0.2, 0.25) is 0 Å². The van der Waals surface area contributed by atoms with E-state index in [1.165, 1.54) is 0 Å². The van der Waals surface area contributed by atoms with Gasteiger partial charge in [0.2, 0.25) is 0 Å². The van der Waals surface area contributed by atoms with Crippen molar-refractivity contribution in [2.75, 3.05) is 26.4 Å². The number of fused-ring (bicyclic) bond motifs is 2. The summed E-state index contributed by atoms with van der Waals surface area (Å²) < 4.78 is 11.3. The van der Waals surface area contributed by atoms with Crippen molar-refractivity contribution in [1.29, 1.82) is 0 Å². The number of rotatable bonds is 2. The van der Waals surface area contributed by atoms with Crippen molar-refractivity contribution >= 4 is 5.91 Å². The second-order valence-corrected chi connectivity index (χ2v) is 6.33. The molecule has 7 nitrogen and oxygen atoms in total. The summed E-state index contributed by atoms with van der Waals surface area (Å²) in [5.41, 5.74) is 2.40. The van der Waals surface area contributed by atoms with Crippen LogP contribution in [-0.4, -0.2) is 64.6 Å². The fourth-order valence-corrected chi connectivity index (χ4v) is 3.88. The number of carbonyl (C=O) groups excluding carboxylic acids is 1. The van der Waals surface area contributed by atoms with Gasteiger partial charge < -0.3 is 19.5 Å². The zero-order valence-corrected chi connectivity index (χ0v) is 12.5. The third-order valence-corrected chi connectivity index (χ3v) is 5.05. The van der Waals surface area contributed by atoms with E-state index in [0.29, 0.717) is 32.1 Å². The zero-order chi connectivity index (χ0) is 15.1. The Morgan fingerprint density at radius 3 is 3.18 bits per heavy atom. The number of nitrogens with zero attached hydrogens (tertiary/aromatic N) is 2. The fourth-order valence-electron chi connectivity index (χ4n) is 3.88. The van der Waals surface area contributed by atoms with Crippen molar-refractivity contribution in [3.8, 4) is 0 Å². The van der Waals surface area contributed by atoms with E-state index in [1.807, 2.05) is 4.90 Å². The van der Waals surface area contributed by atoms with Gasteiger partial charge in [0.25, 0.3) is 5.91 Å². The first-order valence-electron chi connectivity index (χ1n) is 7.95. The van der Waals surface area contributed by atoms with Gasteiger partial charge in [-0.05, 0) is 18.8 Å². The summed E-state index contributed by atoms with van der Waals surface area (Å²) in [6, 6.07) is 0.0512. The highest BCUT2D eigenvalue weighted by molar-refractivity contribution is 5.94. The molecule has 4 rings (SSSR count). The van der Waals surface area contributed by atoms with Gasteiger partial charge in [-0.1, -0.05) is 0 Å². The van der Waals surface area contributed by atoms with Crippen LogP contribution in [0.25, 0.3) is 0 Å². The Morgan fingerprint density at radius 2 is 2.32 bits per heavy atom. The Kier molecular flexibility index (Phi) is 3.63. The standard InChI is InChI=1S/C15H21N3O4/c19-7-9-5-12-13(6-9)22-4-2-18(12)15(20)14-10-8-21-3-1-11(10)16-17-14/h9,12-13,19H,1-8H2,(H,16,17)/t9-,12+,13+/m1/s1. The zero-order valence-electron chi connectivity index (χ0n) is 12.5. The summed E-state index contributed by atoms with van der Waals surface area (Å²) in [5, 5.41) is 16.6. The van der Waals surface area contributed by atoms with Crippen molar-refractivity contribution in [1.82, 2.24) is 15.1 Å². The van der Waals surface area contributed by atoms with Gasteiger partial charge in [-0.2, -0.15) is 5.10 Å². The second-order valence-electron chi connectivity index (χ2n) is 6.33. The number of morpholine rings is 1. The minimum atomic E-state index is -0.0418. The summed E-state index contributed by atoms with van der Waals surface area (Å²) in [6.45, 7) is 2.41. The third-order valence-electron chi connectivity index (χ3n) is 5.05. The van der Waals surface area contributed by atoms with Crippen LogP contribution in [0.4, 0.5) is 0 Å². The number of nitrogens with one attached hydrogen (secondary N) is 1. The Balaban J connectivity index is 1.58. The van der Waals surface area contributed by atoms with Crippen LogP contribution in [0.3, 0.4) is 0 Å². The summed E-state index contributed by atoms with van der Waals surface area (Å²) in [7, 11) is 0. The van der Waals surface area contributed by atoms with Crippen molar-refractivity contribution < 1.29 is 19.4 Å². The van der Waals surface area contributed by atoms with Crippen LogP contribution < -0.4 is 0 Å². The number of carbonyl (C=O) groups is 1. The fraction of sp³-hybridized carbons (Fsp3) is 0.733. The molecule has 1 aromatic rings. The van der Waals surface area contributed by atoms with E-state index in [2.05, 4.69) is 10.2 Å². The molecule has 7 heteroatoms. The lowest BCUT2D eigenvalue weighted by molar-refractivity contribution is -0.0451. The molecule has 2 fully saturated rings. The van der Waals surface area contributed by atoms with E-state index in [-0.39, 0.29) is 30.6 Å². The van der Waals surface area contributed by atoms with Gasteiger partial charge in [-0.15, -0.1) is 0 Å². The number of hydrogen-bond acceptors (Lipinski definition) is 5. The molecule has 120 valence electrons. The Hall–Kier alpha value is -1.44. The third kappa shape index (κ3) is 2.24. The van der Waals surface area contributed by atoms with E-state index < -0.39 is 0 Å². The number of hydrogen-bond donors (Lipinski definition) is 2. The lowest BCUT2D eigenvalue weighted by Crippen LogP contribution is -2.51. The predicted octanol–water partition coefficient (Wildman–Crippen LogP) is 0.0943. The smallest absolute Gasteiger partial charge is 0.275 e. The molecule has 3 atom stereocenters. The summed E-state index contributed by atoms with van der Waals surface area (Å²) >= 11 is 0. The molecule has 0 spiro atoms. The van der Waals surface area contributed by atoms with Gasteiger partial charge in [0.05, 0.1) is 32.0 Å². The molecule has 2 N–H and O–H groups in total. The molecule has 1 saturated carbocycles. The maximum atomic E-state index is 12.9. The Morgan fingerprint density at radius 1 is 1.41 bits per heavy atom. The van der Waals surface area contributed by atoms with Gasteiger partial charge in [0, 0.05) is 30.8 Å². The van der Waals surface area contributed by atoms with E-state index in [9.17, 15) is 9.90 Å². The lowest BCUT2D eigenvalue weighted by atomic mass is 10.1. The molecule has 0 radical (unpaired) electrons. The van der Waals surface area contributed by atoms with Gasteiger partial charge in [0.1, 0.15) is 0 Å². The van der Waals surface area contributed by atoms with Crippen molar-refractivity contribution in [2.24, 2.45) is 5.92 Å². The molecule has 3 aliphatic rings. The van der Waals surface area contributed by atoms with E-state index in [1.54, 1.807) is 0 Å². The molecule has 2 aliphatic heterocycles. The van der Waals surface area contributed by atoms with Crippen LogP contribution in [0, 0.1) is 5.92 Å². The molecule has 1 amide bonds. The molecular weight excluding hydrogens is 286 g/mol. The van der Waals surface area contributed by atoms with Gasteiger partial charge >= 0.3 is 0 Å². The number of H-pyrrole nitrogens is 1. The van der Waals surface area contributed by atoms with Crippen LogP contribution in [0.5, 0.6) is 0 Å². The van der Waals surface area contributed by atoms with Crippen molar-refractivity contribution in [2.45, 2.75) is 38.0 Å². The van der Waals surface area contributed by atoms with E-state index in [0.717, 1.165) is 30.5 Å². The van der Waals surface area contributed by atoms with Gasteiger partial charge in [-0.3, -0.25) is 9.89 Å². The molecule has 22 heavy (non-hydrogen) atoms. The highest BCUT2D eigenvalue weighted by Gasteiger charge is 2.43. The molecule has 0 bridgehead atoms. The van der Waals surface area contributed by atoms with Gasteiger partial charge in [0.15, 0.2) is 5.69 Å². The average Bonchev–Trinajstić information content (AvgIpc) is 3.17. The minimum Gasteiger partial charge on any atom is -0.396 e. The van der Waals surface area contributed by atoms with Crippen LogP contribution in [0.1, 0.15) is 34.6 Å².